The molecule has 0 fully saturated rings. The molecule has 2 rings (SSSR count). The summed E-state index contributed by atoms with van der Waals surface area (Å²) in [5.41, 5.74) is 2.05. The topological polar surface area (TPSA) is 33.1 Å². The normalized spacial score (nSPS) is 22.0. The third kappa shape index (κ3) is 1.39. The Kier molecular flexibility index (Phi) is 2.15. The monoisotopic (exact) mass is 227 g/mol. The van der Waals surface area contributed by atoms with Crippen molar-refractivity contribution in [2.24, 2.45) is 0 Å². The predicted octanol–water partition coefficient (Wildman–Crippen LogP) is 2.21. The van der Waals surface area contributed by atoms with E-state index in [9.17, 15) is 5.11 Å². The second kappa shape index (κ2) is 3.15. The first-order valence-corrected chi connectivity index (χ1v) is 4.89. The lowest BCUT2D eigenvalue weighted by Gasteiger charge is -2.19. The number of fused-ring (bicyclic) bond motifs is 1. The van der Waals surface area contributed by atoms with Crippen molar-refractivity contribution in [2.75, 3.05) is 0 Å². The van der Waals surface area contributed by atoms with Crippen molar-refractivity contribution in [3.8, 4) is 0 Å². The number of aliphatic hydroxyl groups excluding tert-OH is 1. The van der Waals surface area contributed by atoms with E-state index in [2.05, 4.69) is 20.9 Å². The largest absolute Gasteiger partial charge is 0.387 e. The van der Waals surface area contributed by atoms with Gasteiger partial charge in [-0.3, -0.25) is 4.98 Å². The summed E-state index contributed by atoms with van der Waals surface area (Å²) in [5.74, 6) is 0. The summed E-state index contributed by atoms with van der Waals surface area (Å²) in [6, 6.07) is 2.05. The van der Waals surface area contributed by atoms with Crippen molar-refractivity contribution in [1.82, 2.24) is 4.98 Å². The van der Waals surface area contributed by atoms with Crippen molar-refractivity contribution in [1.29, 1.82) is 0 Å². The molecule has 0 aromatic carbocycles. The number of halogens is 1. The minimum Gasteiger partial charge on any atom is -0.387 e. The molecule has 0 radical (unpaired) electrons. The molecule has 2 nitrogen and oxygen atoms in total. The molecule has 0 aliphatic heterocycles. The van der Waals surface area contributed by atoms with Gasteiger partial charge in [-0.25, -0.2) is 0 Å². The Morgan fingerprint density at radius 3 is 3.25 bits per heavy atom. The molecule has 1 aliphatic rings. The summed E-state index contributed by atoms with van der Waals surface area (Å²) >= 11 is 3.37. The van der Waals surface area contributed by atoms with E-state index in [4.69, 9.17) is 0 Å². The highest BCUT2D eigenvalue weighted by Gasteiger charge is 2.18. The van der Waals surface area contributed by atoms with Crippen LogP contribution in [-0.4, -0.2) is 10.1 Å². The predicted molar refractivity (Wildman–Crippen MR) is 49.8 cm³/mol. The molecule has 1 aromatic rings. The third-order valence-corrected chi connectivity index (χ3v) is 2.64. The van der Waals surface area contributed by atoms with E-state index in [0.717, 1.165) is 29.4 Å². The first-order chi connectivity index (χ1) is 5.77. The number of rotatable bonds is 0. The molecule has 1 N–H and O–H groups in total. The first-order valence-electron chi connectivity index (χ1n) is 4.10. The molecule has 0 bridgehead atoms. The van der Waals surface area contributed by atoms with Crippen LogP contribution in [0.1, 0.15) is 30.2 Å². The number of hydrogen-bond acceptors (Lipinski definition) is 2. The van der Waals surface area contributed by atoms with E-state index in [1.165, 1.54) is 5.56 Å². The molecule has 1 unspecified atom stereocenters. The van der Waals surface area contributed by atoms with Gasteiger partial charge in [0.2, 0.25) is 0 Å². The molecule has 1 heterocycles. The lowest BCUT2D eigenvalue weighted by molar-refractivity contribution is 0.151. The number of nitrogens with zero attached hydrogens (tertiary/aromatic N) is 1. The van der Waals surface area contributed by atoms with E-state index >= 15 is 0 Å². The van der Waals surface area contributed by atoms with Crippen molar-refractivity contribution in [3.05, 3.63) is 28.0 Å². The maximum atomic E-state index is 9.57. The maximum Gasteiger partial charge on any atom is 0.0962 e. The molecule has 0 amide bonds. The van der Waals surface area contributed by atoms with Gasteiger partial charge in [0.25, 0.3) is 0 Å². The number of aromatic nitrogens is 1. The van der Waals surface area contributed by atoms with Gasteiger partial charge in [-0.15, -0.1) is 0 Å². The smallest absolute Gasteiger partial charge is 0.0962 e. The first kappa shape index (κ1) is 8.20. The average Bonchev–Trinajstić information content (AvgIpc) is 2.04. The summed E-state index contributed by atoms with van der Waals surface area (Å²) in [6.07, 6.45) is 4.35. The third-order valence-electron chi connectivity index (χ3n) is 2.21. The molecule has 0 saturated heterocycles. The Hall–Kier alpha value is -0.410. The van der Waals surface area contributed by atoms with Crippen molar-refractivity contribution < 1.29 is 5.11 Å². The maximum absolute atomic E-state index is 9.57. The minimum absolute atomic E-state index is 0.346. The van der Waals surface area contributed by atoms with Crippen LogP contribution in [0.25, 0.3) is 0 Å². The fourth-order valence-corrected chi connectivity index (χ4v) is 1.99. The Labute approximate surface area is 79.8 Å². The van der Waals surface area contributed by atoms with Gasteiger partial charge in [0, 0.05) is 10.7 Å². The van der Waals surface area contributed by atoms with Crippen LogP contribution < -0.4 is 0 Å². The molecule has 1 aromatic heterocycles. The van der Waals surface area contributed by atoms with Crippen LogP contribution in [0.2, 0.25) is 0 Å². The van der Waals surface area contributed by atoms with Crippen LogP contribution in [0.5, 0.6) is 0 Å². The van der Waals surface area contributed by atoms with Crippen LogP contribution in [0, 0.1) is 0 Å². The molecule has 64 valence electrons. The van der Waals surface area contributed by atoms with Crippen LogP contribution in [0.4, 0.5) is 0 Å². The molecule has 1 aliphatic carbocycles. The van der Waals surface area contributed by atoms with E-state index in [1.54, 1.807) is 6.20 Å². The molecule has 0 spiro atoms. The summed E-state index contributed by atoms with van der Waals surface area (Å²) < 4.78 is 0.996. The molecular formula is C9H10BrNO. The molecule has 3 heteroatoms. The average molecular weight is 228 g/mol. The lowest BCUT2D eigenvalue weighted by Crippen LogP contribution is -2.10. The Balaban J connectivity index is 2.46. The number of pyridine rings is 1. The highest BCUT2D eigenvalue weighted by Crippen LogP contribution is 2.29. The Morgan fingerprint density at radius 1 is 1.58 bits per heavy atom. The highest BCUT2D eigenvalue weighted by atomic mass is 79.9. The van der Waals surface area contributed by atoms with Crippen LogP contribution in [0.15, 0.2) is 16.7 Å². The van der Waals surface area contributed by atoms with Crippen LogP contribution in [0.3, 0.4) is 0 Å². The van der Waals surface area contributed by atoms with Gasteiger partial charge in [0.1, 0.15) is 0 Å². The quantitative estimate of drug-likeness (QED) is 0.738. The summed E-state index contributed by atoms with van der Waals surface area (Å²) in [5, 5.41) is 9.57. The molecular weight excluding hydrogens is 218 g/mol. The van der Waals surface area contributed by atoms with E-state index in [1.807, 2.05) is 6.07 Å². The second-order valence-corrected chi connectivity index (χ2v) is 4.02. The highest BCUT2D eigenvalue weighted by molar-refractivity contribution is 9.10. The van der Waals surface area contributed by atoms with Crippen LogP contribution >= 0.6 is 15.9 Å². The van der Waals surface area contributed by atoms with Gasteiger partial charge in [0.15, 0.2) is 0 Å². The van der Waals surface area contributed by atoms with Crippen molar-refractivity contribution >= 4 is 15.9 Å². The summed E-state index contributed by atoms with van der Waals surface area (Å²) in [7, 11) is 0. The second-order valence-electron chi connectivity index (χ2n) is 3.11. The van der Waals surface area contributed by atoms with E-state index < -0.39 is 0 Å². The summed E-state index contributed by atoms with van der Waals surface area (Å²) in [4.78, 5) is 4.20. The number of hydrogen-bond donors (Lipinski definition) is 1. The fourth-order valence-electron chi connectivity index (χ4n) is 1.61. The van der Waals surface area contributed by atoms with E-state index in [-0.39, 0.29) is 6.10 Å². The Morgan fingerprint density at radius 2 is 2.42 bits per heavy atom. The zero-order valence-corrected chi connectivity index (χ0v) is 8.21. The molecule has 0 saturated carbocycles. The molecule has 1 atom stereocenters. The zero-order valence-electron chi connectivity index (χ0n) is 6.63. The van der Waals surface area contributed by atoms with Crippen molar-refractivity contribution in [2.45, 2.75) is 25.4 Å². The van der Waals surface area contributed by atoms with Gasteiger partial charge in [-0.1, -0.05) is 0 Å². The van der Waals surface area contributed by atoms with Gasteiger partial charge < -0.3 is 5.11 Å². The number of aliphatic hydroxyl groups is 1. The van der Waals surface area contributed by atoms with Crippen molar-refractivity contribution in [3.63, 3.8) is 0 Å². The lowest BCUT2D eigenvalue weighted by atomic mass is 9.94. The van der Waals surface area contributed by atoms with E-state index in [0.29, 0.717) is 0 Å². The van der Waals surface area contributed by atoms with Gasteiger partial charge in [-0.2, -0.15) is 0 Å². The standard InChI is InChI=1S/C9H10BrNO/c10-7-4-6-2-1-3-8(12)9(6)11-5-7/h4-5,8,12H,1-3H2. The minimum atomic E-state index is -0.346. The SMILES string of the molecule is OC1CCCc2cc(Br)cnc21. The number of aryl methyl sites for hydroxylation is 1. The van der Waals surface area contributed by atoms with Gasteiger partial charge in [0.05, 0.1) is 11.8 Å². The zero-order chi connectivity index (χ0) is 8.55. The van der Waals surface area contributed by atoms with Gasteiger partial charge >= 0.3 is 0 Å². The van der Waals surface area contributed by atoms with Crippen LogP contribution in [-0.2, 0) is 6.42 Å². The molecule has 12 heavy (non-hydrogen) atoms. The van der Waals surface area contributed by atoms with Gasteiger partial charge in [-0.05, 0) is 46.8 Å². The Bertz CT molecular complexity index is 301. The summed E-state index contributed by atoms with van der Waals surface area (Å²) in [6.45, 7) is 0. The fraction of sp³-hybridized carbons (Fsp3) is 0.444.